The van der Waals surface area contributed by atoms with Crippen LogP contribution >= 0.6 is 23.1 Å². The monoisotopic (exact) mass is 357 g/mol. The van der Waals surface area contributed by atoms with Gasteiger partial charge in [0.2, 0.25) is 5.91 Å². The van der Waals surface area contributed by atoms with Crippen LogP contribution in [0.4, 0.5) is 0 Å². The normalized spacial score (nSPS) is 18.7. The average molecular weight is 358 g/mol. The zero-order valence-corrected chi connectivity index (χ0v) is 14.9. The van der Waals surface area contributed by atoms with Crippen LogP contribution in [-0.4, -0.2) is 39.2 Å². The van der Waals surface area contributed by atoms with Crippen LogP contribution in [0.5, 0.6) is 0 Å². The zero-order valence-electron chi connectivity index (χ0n) is 13.3. The molecule has 4 rings (SSSR count). The van der Waals surface area contributed by atoms with Gasteiger partial charge in [-0.3, -0.25) is 4.79 Å². The van der Waals surface area contributed by atoms with Crippen molar-refractivity contribution in [3.05, 3.63) is 53.0 Å². The predicted octanol–water partition coefficient (Wildman–Crippen LogP) is 3.80. The van der Waals surface area contributed by atoms with E-state index in [0.29, 0.717) is 11.8 Å². The second kappa shape index (κ2) is 6.99. The first kappa shape index (κ1) is 15.7. The fraction of sp³-hybridized carbons (Fsp3) is 0.333. The summed E-state index contributed by atoms with van der Waals surface area (Å²) in [6, 6.07) is 12.3. The van der Waals surface area contributed by atoms with E-state index in [0.717, 1.165) is 36.3 Å². The summed E-state index contributed by atoms with van der Waals surface area (Å²) in [7, 11) is 0. The molecule has 2 aromatic heterocycles. The predicted molar refractivity (Wildman–Crippen MR) is 100 cm³/mol. The van der Waals surface area contributed by atoms with Crippen LogP contribution in [0, 0.1) is 0 Å². The number of fused-ring (bicyclic) bond motifs is 1. The van der Waals surface area contributed by atoms with Crippen molar-refractivity contribution in [2.24, 2.45) is 0 Å². The van der Waals surface area contributed by atoms with Crippen molar-refractivity contribution in [2.45, 2.75) is 18.2 Å². The van der Waals surface area contributed by atoms with Crippen molar-refractivity contribution in [1.82, 2.24) is 14.5 Å². The molecule has 1 amide bonds. The molecule has 0 N–H and O–H groups in total. The van der Waals surface area contributed by atoms with Gasteiger partial charge in [0.25, 0.3) is 0 Å². The number of thiophene rings is 1. The molecule has 4 nitrogen and oxygen atoms in total. The van der Waals surface area contributed by atoms with Gasteiger partial charge in [0.1, 0.15) is 6.54 Å². The largest absolute Gasteiger partial charge is 0.340 e. The van der Waals surface area contributed by atoms with Gasteiger partial charge in [-0.15, -0.1) is 11.3 Å². The summed E-state index contributed by atoms with van der Waals surface area (Å²) >= 11 is 3.79. The van der Waals surface area contributed by atoms with Crippen molar-refractivity contribution < 1.29 is 4.79 Å². The number of imidazole rings is 1. The third-order valence-corrected chi connectivity index (χ3v) is 6.83. The van der Waals surface area contributed by atoms with Crippen molar-refractivity contribution in [3.8, 4) is 0 Å². The molecule has 24 heavy (non-hydrogen) atoms. The summed E-state index contributed by atoms with van der Waals surface area (Å²) < 4.78 is 1.95. The van der Waals surface area contributed by atoms with Crippen LogP contribution in [0.15, 0.2) is 48.1 Å². The Morgan fingerprint density at radius 2 is 2.12 bits per heavy atom. The number of aromatic nitrogens is 2. The van der Waals surface area contributed by atoms with E-state index in [1.54, 1.807) is 6.33 Å². The van der Waals surface area contributed by atoms with E-state index >= 15 is 0 Å². The lowest BCUT2D eigenvalue weighted by Gasteiger charge is -2.20. The molecule has 3 heterocycles. The average Bonchev–Trinajstić information content (AvgIpc) is 3.20. The molecule has 0 radical (unpaired) electrons. The minimum Gasteiger partial charge on any atom is -0.340 e. The lowest BCUT2D eigenvalue weighted by atomic mass is 10.2. The van der Waals surface area contributed by atoms with E-state index in [2.05, 4.69) is 22.5 Å². The van der Waals surface area contributed by atoms with Gasteiger partial charge in [0.15, 0.2) is 0 Å². The van der Waals surface area contributed by atoms with Gasteiger partial charge in [0, 0.05) is 29.0 Å². The highest BCUT2D eigenvalue weighted by Gasteiger charge is 2.23. The SMILES string of the molecule is O=C(Cn1cnc2ccccc21)N1CCS[C@@H](c2cccs2)CC1. The second-order valence-corrected chi connectivity index (χ2v) is 8.20. The van der Waals surface area contributed by atoms with Crippen LogP contribution in [0.2, 0.25) is 0 Å². The maximum absolute atomic E-state index is 12.7. The first-order chi connectivity index (χ1) is 11.8. The van der Waals surface area contributed by atoms with Crippen molar-refractivity contribution >= 4 is 40.0 Å². The highest BCUT2D eigenvalue weighted by Crippen LogP contribution is 2.36. The van der Waals surface area contributed by atoms with Crippen molar-refractivity contribution in [1.29, 1.82) is 0 Å². The Morgan fingerprint density at radius 3 is 3.00 bits per heavy atom. The van der Waals surface area contributed by atoms with E-state index in [4.69, 9.17) is 0 Å². The van der Waals surface area contributed by atoms with Crippen LogP contribution in [0.25, 0.3) is 11.0 Å². The van der Waals surface area contributed by atoms with Crippen LogP contribution < -0.4 is 0 Å². The minimum atomic E-state index is 0.186. The number of rotatable bonds is 3. The highest BCUT2D eigenvalue weighted by molar-refractivity contribution is 7.99. The Kier molecular flexibility index (Phi) is 4.58. The summed E-state index contributed by atoms with van der Waals surface area (Å²) in [5.74, 6) is 1.18. The number of carbonyl (C=O) groups excluding carboxylic acids is 1. The molecule has 1 aliphatic heterocycles. The molecule has 0 unspecified atom stereocenters. The maximum atomic E-state index is 12.7. The topological polar surface area (TPSA) is 38.1 Å². The van der Waals surface area contributed by atoms with E-state index < -0.39 is 0 Å². The molecule has 1 aromatic carbocycles. The summed E-state index contributed by atoms with van der Waals surface area (Å²) in [5.41, 5.74) is 1.96. The first-order valence-corrected chi connectivity index (χ1v) is 10.1. The van der Waals surface area contributed by atoms with Crippen LogP contribution in [-0.2, 0) is 11.3 Å². The molecule has 1 saturated heterocycles. The molecule has 124 valence electrons. The molecule has 1 atom stereocenters. The van der Waals surface area contributed by atoms with Gasteiger partial charge in [-0.1, -0.05) is 18.2 Å². The Hall–Kier alpha value is -1.79. The number of thioether (sulfide) groups is 1. The third kappa shape index (κ3) is 3.21. The van der Waals surface area contributed by atoms with Gasteiger partial charge in [-0.2, -0.15) is 11.8 Å². The molecule has 0 spiro atoms. The van der Waals surface area contributed by atoms with Crippen LogP contribution in [0.3, 0.4) is 0 Å². The van der Waals surface area contributed by atoms with Gasteiger partial charge >= 0.3 is 0 Å². The quantitative estimate of drug-likeness (QED) is 0.715. The molecule has 1 aliphatic rings. The van der Waals surface area contributed by atoms with Crippen molar-refractivity contribution in [3.63, 3.8) is 0 Å². The fourth-order valence-electron chi connectivity index (χ4n) is 3.10. The number of hydrogen-bond acceptors (Lipinski definition) is 4. The number of benzene rings is 1. The molecule has 0 saturated carbocycles. The Labute approximate surface area is 149 Å². The van der Waals surface area contributed by atoms with E-state index in [9.17, 15) is 4.79 Å². The number of carbonyl (C=O) groups is 1. The number of para-hydroxylation sites is 2. The van der Waals surface area contributed by atoms with Gasteiger partial charge < -0.3 is 9.47 Å². The standard InChI is InChI=1S/C18H19N3OS2/c22-18(12-21-13-19-14-4-1-2-5-15(14)21)20-8-7-17(24-11-9-20)16-6-3-10-23-16/h1-6,10,13,17H,7-9,11-12H2/t17-/m1/s1. The van der Waals surface area contributed by atoms with Crippen LogP contribution in [0.1, 0.15) is 16.5 Å². The molecule has 6 heteroatoms. The van der Waals surface area contributed by atoms with Gasteiger partial charge in [-0.25, -0.2) is 4.98 Å². The molecular formula is C18H19N3OS2. The first-order valence-electron chi connectivity index (χ1n) is 8.14. The lowest BCUT2D eigenvalue weighted by molar-refractivity contribution is -0.131. The second-order valence-electron chi connectivity index (χ2n) is 5.91. The third-order valence-electron chi connectivity index (χ3n) is 4.39. The number of amides is 1. The zero-order chi connectivity index (χ0) is 16.4. The number of nitrogens with zero attached hydrogens (tertiary/aromatic N) is 3. The van der Waals surface area contributed by atoms with Gasteiger partial charge in [-0.05, 0) is 30.0 Å². The molecular weight excluding hydrogens is 338 g/mol. The Balaban J connectivity index is 1.43. The van der Waals surface area contributed by atoms with E-state index in [1.165, 1.54) is 4.88 Å². The molecule has 1 fully saturated rings. The summed E-state index contributed by atoms with van der Waals surface area (Å²) in [6.07, 6.45) is 2.80. The Bertz CT molecular complexity index is 828. The summed E-state index contributed by atoms with van der Waals surface area (Å²) in [6.45, 7) is 2.04. The summed E-state index contributed by atoms with van der Waals surface area (Å²) in [4.78, 5) is 20.5. The van der Waals surface area contributed by atoms with Crippen molar-refractivity contribution in [2.75, 3.05) is 18.8 Å². The fourth-order valence-corrected chi connectivity index (χ4v) is 5.34. The Morgan fingerprint density at radius 1 is 1.21 bits per heavy atom. The molecule has 0 bridgehead atoms. The number of hydrogen-bond donors (Lipinski definition) is 0. The smallest absolute Gasteiger partial charge is 0.242 e. The molecule has 0 aliphatic carbocycles. The minimum absolute atomic E-state index is 0.186. The highest BCUT2D eigenvalue weighted by atomic mass is 32.2. The van der Waals surface area contributed by atoms with Gasteiger partial charge in [0.05, 0.1) is 17.4 Å². The lowest BCUT2D eigenvalue weighted by Crippen LogP contribution is -2.35. The summed E-state index contributed by atoms with van der Waals surface area (Å²) in [5, 5.41) is 2.66. The van der Waals surface area contributed by atoms with E-state index in [1.807, 2.05) is 56.8 Å². The van der Waals surface area contributed by atoms with E-state index in [-0.39, 0.29) is 5.91 Å². The molecule has 3 aromatic rings. The maximum Gasteiger partial charge on any atom is 0.242 e.